The van der Waals surface area contributed by atoms with Crippen molar-refractivity contribution in [2.75, 3.05) is 5.32 Å². The molecule has 1 aromatic carbocycles. The first kappa shape index (κ1) is 13.7. The summed E-state index contributed by atoms with van der Waals surface area (Å²) in [4.78, 5) is 6.66. The Hall–Kier alpha value is -1.70. The highest BCUT2D eigenvalue weighted by molar-refractivity contribution is 9.10. The molecule has 0 radical (unpaired) electrons. The maximum atomic E-state index is 12.3. The molecule has 0 bridgehead atoms. The molecule has 0 aliphatic rings. The van der Waals surface area contributed by atoms with Gasteiger partial charge in [0.05, 0.1) is 24.3 Å². The highest BCUT2D eigenvalue weighted by atomic mass is 79.9. The largest absolute Gasteiger partial charge is 0.573 e. The minimum Gasteiger partial charge on any atom is -0.404 e. The Morgan fingerprint density at radius 2 is 2.16 bits per heavy atom. The molecule has 2 N–H and O–H groups in total. The molecule has 0 saturated carbocycles. The van der Waals surface area contributed by atoms with Crippen LogP contribution in [0.3, 0.4) is 0 Å². The number of aromatic amines is 1. The number of nitrogens with zero attached hydrogens (tertiary/aromatic N) is 1. The van der Waals surface area contributed by atoms with E-state index in [0.29, 0.717) is 11.0 Å². The highest BCUT2D eigenvalue weighted by Crippen LogP contribution is 2.33. The number of hydrogen-bond acceptors (Lipinski definition) is 3. The lowest BCUT2D eigenvalue weighted by Crippen LogP contribution is -2.18. The zero-order valence-corrected chi connectivity index (χ0v) is 11.0. The van der Waals surface area contributed by atoms with E-state index >= 15 is 0 Å². The Bertz CT molecular complexity index is 543. The van der Waals surface area contributed by atoms with Gasteiger partial charge in [-0.05, 0) is 18.2 Å². The van der Waals surface area contributed by atoms with Crippen molar-refractivity contribution in [3.8, 4) is 5.75 Å². The summed E-state index contributed by atoms with van der Waals surface area (Å²) >= 11 is 3.10. The fourth-order valence-electron chi connectivity index (χ4n) is 1.42. The molecule has 0 unspecified atom stereocenters. The zero-order chi connectivity index (χ0) is 13.9. The van der Waals surface area contributed by atoms with Crippen molar-refractivity contribution in [2.24, 2.45) is 0 Å². The van der Waals surface area contributed by atoms with Gasteiger partial charge in [-0.3, -0.25) is 0 Å². The first-order valence-corrected chi connectivity index (χ1v) is 6.00. The lowest BCUT2D eigenvalue weighted by molar-refractivity contribution is -0.274. The quantitative estimate of drug-likeness (QED) is 0.895. The molecular formula is C11H9BrF3N3O. The van der Waals surface area contributed by atoms with Gasteiger partial charge in [-0.1, -0.05) is 15.9 Å². The van der Waals surface area contributed by atoms with E-state index in [2.05, 4.69) is 36.0 Å². The lowest BCUT2D eigenvalue weighted by Gasteiger charge is -2.14. The predicted octanol–water partition coefficient (Wildman–Crippen LogP) is 3.68. The first-order valence-electron chi connectivity index (χ1n) is 5.20. The SMILES string of the molecule is FC(F)(F)Oc1cc(Br)ccc1NCc1cnc[nH]1. The normalized spacial score (nSPS) is 11.4. The zero-order valence-electron chi connectivity index (χ0n) is 9.46. The maximum absolute atomic E-state index is 12.3. The van der Waals surface area contributed by atoms with Crippen LogP contribution < -0.4 is 10.1 Å². The summed E-state index contributed by atoms with van der Waals surface area (Å²) < 4.78 is 41.3. The van der Waals surface area contributed by atoms with E-state index in [1.807, 2.05) is 0 Å². The number of alkyl halides is 3. The van der Waals surface area contributed by atoms with Crippen LogP contribution in [-0.4, -0.2) is 16.3 Å². The monoisotopic (exact) mass is 335 g/mol. The van der Waals surface area contributed by atoms with E-state index in [1.54, 1.807) is 12.3 Å². The number of aromatic nitrogens is 2. The van der Waals surface area contributed by atoms with Gasteiger partial charge in [-0.25, -0.2) is 4.98 Å². The van der Waals surface area contributed by atoms with Crippen molar-refractivity contribution in [3.05, 3.63) is 40.9 Å². The van der Waals surface area contributed by atoms with Crippen LogP contribution in [0.5, 0.6) is 5.75 Å². The van der Waals surface area contributed by atoms with Crippen LogP contribution in [0.1, 0.15) is 5.69 Å². The van der Waals surface area contributed by atoms with Gasteiger partial charge < -0.3 is 15.0 Å². The molecule has 2 rings (SSSR count). The standard InChI is InChI=1S/C11H9BrF3N3O/c12-7-1-2-9(10(3-7)19-11(13,14)15)17-5-8-4-16-6-18-8/h1-4,6,17H,5H2,(H,16,18). The summed E-state index contributed by atoms with van der Waals surface area (Å²) in [7, 11) is 0. The molecule has 0 spiro atoms. The summed E-state index contributed by atoms with van der Waals surface area (Å²) in [6, 6.07) is 4.38. The van der Waals surface area contributed by atoms with Crippen LogP contribution in [0.25, 0.3) is 0 Å². The van der Waals surface area contributed by atoms with Crippen LogP contribution in [0, 0.1) is 0 Å². The predicted molar refractivity (Wildman–Crippen MR) is 66.7 cm³/mol. The van der Waals surface area contributed by atoms with E-state index in [4.69, 9.17) is 0 Å². The van der Waals surface area contributed by atoms with Crippen molar-refractivity contribution < 1.29 is 17.9 Å². The number of ether oxygens (including phenoxy) is 1. The van der Waals surface area contributed by atoms with E-state index < -0.39 is 6.36 Å². The molecular weight excluding hydrogens is 327 g/mol. The number of nitrogens with one attached hydrogen (secondary N) is 2. The summed E-state index contributed by atoms with van der Waals surface area (Å²) in [6.45, 7) is 0.315. The van der Waals surface area contributed by atoms with Crippen molar-refractivity contribution in [2.45, 2.75) is 12.9 Å². The van der Waals surface area contributed by atoms with E-state index in [-0.39, 0.29) is 11.4 Å². The fraction of sp³-hybridized carbons (Fsp3) is 0.182. The van der Waals surface area contributed by atoms with Gasteiger partial charge in [0.2, 0.25) is 0 Å². The van der Waals surface area contributed by atoms with Gasteiger partial charge in [0.15, 0.2) is 5.75 Å². The first-order chi connectivity index (χ1) is 8.94. The molecule has 19 heavy (non-hydrogen) atoms. The number of halogens is 4. The molecule has 0 atom stereocenters. The Kier molecular flexibility index (Phi) is 3.98. The van der Waals surface area contributed by atoms with E-state index in [9.17, 15) is 13.2 Å². The average molecular weight is 336 g/mol. The van der Waals surface area contributed by atoms with Crippen LogP contribution in [0.4, 0.5) is 18.9 Å². The number of H-pyrrole nitrogens is 1. The summed E-state index contributed by atoms with van der Waals surface area (Å²) in [6.07, 6.45) is -1.66. The third-order valence-corrected chi connectivity index (χ3v) is 2.69. The average Bonchev–Trinajstić information content (AvgIpc) is 2.78. The van der Waals surface area contributed by atoms with Crippen molar-refractivity contribution in [1.29, 1.82) is 0 Å². The van der Waals surface area contributed by atoms with Crippen molar-refractivity contribution in [3.63, 3.8) is 0 Å². The number of hydrogen-bond donors (Lipinski definition) is 2. The number of imidazole rings is 1. The van der Waals surface area contributed by atoms with Crippen molar-refractivity contribution in [1.82, 2.24) is 9.97 Å². The number of rotatable bonds is 4. The fourth-order valence-corrected chi connectivity index (χ4v) is 1.76. The van der Waals surface area contributed by atoms with Crippen molar-refractivity contribution >= 4 is 21.6 Å². The summed E-state index contributed by atoms with van der Waals surface area (Å²) in [5, 5.41) is 2.85. The Balaban J connectivity index is 2.14. The maximum Gasteiger partial charge on any atom is 0.573 e. The second kappa shape index (κ2) is 5.52. The van der Waals surface area contributed by atoms with E-state index in [1.165, 1.54) is 18.5 Å². The molecule has 1 aromatic heterocycles. The Labute approximate surface area is 115 Å². The third kappa shape index (κ3) is 4.16. The van der Waals surface area contributed by atoms with Gasteiger partial charge in [-0.15, -0.1) is 13.2 Å². The van der Waals surface area contributed by atoms with Gasteiger partial charge >= 0.3 is 6.36 Å². The molecule has 4 nitrogen and oxygen atoms in total. The van der Waals surface area contributed by atoms with Crippen LogP contribution in [0.2, 0.25) is 0 Å². The van der Waals surface area contributed by atoms with Crippen LogP contribution in [-0.2, 0) is 6.54 Å². The minimum atomic E-state index is -4.73. The van der Waals surface area contributed by atoms with Gasteiger partial charge in [0.1, 0.15) is 0 Å². The smallest absolute Gasteiger partial charge is 0.404 e. The van der Waals surface area contributed by atoms with Gasteiger partial charge in [0.25, 0.3) is 0 Å². The minimum absolute atomic E-state index is 0.245. The molecule has 0 fully saturated rings. The molecule has 0 aliphatic heterocycles. The summed E-state index contributed by atoms with van der Waals surface area (Å²) in [5.41, 5.74) is 0.996. The number of anilines is 1. The van der Waals surface area contributed by atoms with E-state index in [0.717, 1.165) is 5.69 Å². The molecule has 0 amide bonds. The molecule has 102 valence electrons. The lowest BCUT2D eigenvalue weighted by atomic mass is 10.3. The molecule has 8 heteroatoms. The second-order valence-electron chi connectivity index (χ2n) is 3.62. The second-order valence-corrected chi connectivity index (χ2v) is 4.53. The topological polar surface area (TPSA) is 49.9 Å². The molecule has 2 aromatic rings. The third-order valence-electron chi connectivity index (χ3n) is 2.19. The highest BCUT2D eigenvalue weighted by Gasteiger charge is 2.32. The molecule has 0 saturated heterocycles. The van der Waals surface area contributed by atoms with Crippen LogP contribution >= 0.6 is 15.9 Å². The van der Waals surface area contributed by atoms with Gasteiger partial charge in [0, 0.05) is 10.7 Å². The van der Waals surface area contributed by atoms with Crippen LogP contribution in [0.15, 0.2) is 35.2 Å². The molecule has 0 aliphatic carbocycles. The summed E-state index contributed by atoms with van der Waals surface area (Å²) in [5.74, 6) is -0.290. The Morgan fingerprint density at radius 3 is 2.79 bits per heavy atom. The number of benzene rings is 1. The Morgan fingerprint density at radius 1 is 1.37 bits per heavy atom. The molecule has 1 heterocycles. The van der Waals surface area contributed by atoms with Gasteiger partial charge in [-0.2, -0.15) is 0 Å².